The number of nitrogens with zero attached hydrogens (tertiary/aromatic N) is 2. The van der Waals surface area contributed by atoms with Gasteiger partial charge in [-0.1, -0.05) is 129 Å². The first-order valence-electron chi connectivity index (χ1n) is 22.6. The van der Waals surface area contributed by atoms with E-state index in [4.69, 9.17) is 27.6 Å². The Morgan fingerprint density at radius 1 is 0.785 bits per heavy atom. The SMILES string of the molecule is COc1ccc(C(OC[C@H]2O[C@@H](n3cc(C)c(OS(=O)(=O)c4c(C(C)C)cc(C(C)C)cc4C(C)C)nc3=O)C[C@@H]2O[Si](C)(C)C(C)(C)C)(c2ccccc2)c2ccc(OC)cc2)cc1. The van der Waals surface area contributed by atoms with E-state index >= 15 is 0 Å². The normalized spacial score (nSPS) is 17.3. The summed E-state index contributed by atoms with van der Waals surface area (Å²) in [5, 5.41) is -0.129. The van der Waals surface area contributed by atoms with Crippen LogP contribution in [0.15, 0.2) is 107 Å². The second-order valence-electron chi connectivity index (χ2n) is 19.5. The molecule has 11 nitrogen and oxygen atoms in total. The van der Waals surface area contributed by atoms with E-state index in [1.54, 1.807) is 27.3 Å². The van der Waals surface area contributed by atoms with E-state index in [0.717, 1.165) is 22.3 Å². The Bertz CT molecular complexity index is 2510. The van der Waals surface area contributed by atoms with Crippen LogP contribution in [0.5, 0.6) is 17.4 Å². The van der Waals surface area contributed by atoms with E-state index in [9.17, 15) is 13.2 Å². The monoisotopic (exact) mass is 924 g/mol. The number of aryl methyl sites for hydroxylation is 1. The molecule has 4 aromatic carbocycles. The van der Waals surface area contributed by atoms with Gasteiger partial charge in [-0.25, -0.2) is 4.79 Å². The molecule has 0 saturated carbocycles. The Hall–Kier alpha value is -4.79. The van der Waals surface area contributed by atoms with Crippen LogP contribution in [0, 0.1) is 6.92 Å². The van der Waals surface area contributed by atoms with E-state index < -0.39 is 48.2 Å². The second kappa shape index (κ2) is 19.6. The zero-order valence-electron chi connectivity index (χ0n) is 40.6. The molecule has 65 heavy (non-hydrogen) atoms. The first-order chi connectivity index (χ1) is 30.5. The molecule has 1 aliphatic heterocycles. The highest BCUT2D eigenvalue weighted by molar-refractivity contribution is 7.87. The smallest absolute Gasteiger partial charge is 0.353 e. The minimum absolute atomic E-state index is 0.0787. The van der Waals surface area contributed by atoms with Gasteiger partial charge in [-0.3, -0.25) is 4.57 Å². The van der Waals surface area contributed by atoms with Crippen molar-refractivity contribution < 1.29 is 36.0 Å². The second-order valence-corrected chi connectivity index (χ2v) is 25.8. The van der Waals surface area contributed by atoms with E-state index in [1.807, 2.05) is 119 Å². The van der Waals surface area contributed by atoms with E-state index in [0.29, 0.717) is 34.6 Å². The molecule has 0 radical (unpaired) electrons. The molecule has 6 rings (SSSR count). The standard InChI is InChI=1S/C52H68N2O9SSi/c1-33(2)37-28-43(34(3)4)48(44(29-37)35(5)6)64(56,57)62-49-36(7)31-54(50(55)53-49)47-30-45(63-65(13,14)51(8,9)10)46(61-47)32-60-52(38-18-16-15-17-19-38,39-20-24-41(58-11)25-21-39)40-22-26-42(59-12)27-23-40/h15-29,31,33-35,45-47H,30,32H2,1-14H3/t45-,46+,47+/m0/s1. The summed E-state index contributed by atoms with van der Waals surface area (Å²) in [6.07, 6.45) is -0.0207. The lowest BCUT2D eigenvalue weighted by atomic mass is 9.80. The van der Waals surface area contributed by atoms with Crippen molar-refractivity contribution in [2.24, 2.45) is 0 Å². The van der Waals surface area contributed by atoms with Crippen LogP contribution in [-0.2, 0) is 29.6 Å². The summed E-state index contributed by atoms with van der Waals surface area (Å²) in [6, 6.07) is 29.6. The van der Waals surface area contributed by atoms with Gasteiger partial charge in [0.25, 0.3) is 0 Å². The van der Waals surface area contributed by atoms with Crippen molar-refractivity contribution in [3.8, 4) is 17.4 Å². The molecule has 0 amide bonds. The third kappa shape index (κ3) is 10.4. The van der Waals surface area contributed by atoms with Crippen molar-refractivity contribution in [1.29, 1.82) is 0 Å². The highest BCUT2D eigenvalue weighted by Crippen LogP contribution is 2.45. The lowest BCUT2D eigenvalue weighted by Crippen LogP contribution is -2.47. The Labute approximate surface area is 387 Å². The minimum atomic E-state index is -4.42. The summed E-state index contributed by atoms with van der Waals surface area (Å²) >= 11 is 0. The first kappa shape index (κ1) is 49.6. The van der Waals surface area contributed by atoms with Crippen molar-refractivity contribution in [3.63, 3.8) is 0 Å². The summed E-state index contributed by atoms with van der Waals surface area (Å²) < 4.78 is 68.3. The topological polar surface area (TPSA) is 124 Å². The van der Waals surface area contributed by atoms with Crippen LogP contribution in [0.3, 0.4) is 0 Å². The number of ether oxygens (including phenoxy) is 4. The molecule has 0 unspecified atom stereocenters. The summed E-state index contributed by atoms with van der Waals surface area (Å²) in [5.41, 5.74) is 3.54. The maximum atomic E-state index is 14.3. The van der Waals surface area contributed by atoms with Gasteiger partial charge in [-0.15, -0.1) is 0 Å². The van der Waals surface area contributed by atoms with E-state index in [2.05, 4.69) is 52.7 Å². The van der Waals surface area contributed by atoms with Crippen LogP contribution in [0.25, 0.3) is 0 Å². The van der Waals surface area contributed by atoms with Crippen LogP contribution < -0.4 is 19.3 Å². The van der Waals surface area contributed by atoms with Gasteiger partial charge >= 0.3 is 15.8 Å². The summed E-state index contributed by atoms with van der Waals surface area (Å²) in [5.74, 6) is 1.12. The summed E-state index contributed by atoms with van der Waals surface area (Å²) in [4.78, 5) is 18.5. The van der Waals surface area contributed by atoms with Gasteiger partial charge in [0.15, 0.2) is 8.32 Å². The maximum Gasteiger partial charge on any atom is 0.353 e. The molecule has 1 aromatic heterocycles. The Morgan fingerprint density at radius 2 is 1.29 bits per heavy atom. The molecule has 1 saturated heterocycles. The molecular weight excluding hydrogens is 857 g/mol. The predicted molar refractivity (Wildman–Crippen MR) is 259 cm³/mol. The molecule has 1 fully saturated rings. The molecule has 3 atom stereocenters. The average molecular weight is 925 g/mol. The van der Waals surface area contributed by atoms with Gasteiger partial charge < -0.3 is 27.6 Å². The lowest BCUT2D eigenvalue weighted by molar-refractivity contribution is -0.0928. The summed E-state index contributed by atoms with van der Waals surface area (Å²) in [6.45, 7) is 24.7. The molecule has 2 heterocycles. The first-order valence-corrected chi connectivity index (χ1v) is 26.9. The number of hydrogen-bond acceptors (Lipinski definition) is 10. The maximum absolute atomic E-state index is 14.3. The van der Waals surface area contributed by atoms with E-state index in [-0.39, 0.29) is 40.2 Å². The quantitative estimate of drug-likeness (QED) is 0.0506. The van der Waals surface area contributed by atoms with Gasteiger partial charge in [0, 0.05) is 18.2 Å². The van der Waals surface area contributed by atoms with Crippen LogP contribution in [-0.4, -0.2) is 59.3 Å². The van der Waals surface area contributed by atoms with E-state index in [1.165, 1.54) is 4.57 Å². The Morgan fingerprint density at radius 3 is 1.75 bits per heavy atom. The van der Waals surface area contributed by atoms with Crippen molar-refractivity contribution in [3.05, 3.63) is 147 Å². The molecule has 350 valence electrons. The Balaban J connectivity index is 1.39. The molecule has 0 N–H and O–H groups in total. The van der Waals surface area contributed by atoms with Crippen molar-refractivity contribution >= 4 is 18.4 Å². The van der Waals surface area contributed by atoms with Crippen LogP contribution in [0.2, 0.25) is 18.1 Å². The highest BCUT2D eigenvalue weighted by Gasteiger charge is 2.47. The molecule has 5 aromatic rings. The van der Waals surface area contributed by atoms with Gasteiger partial charge in [-0.05, 0) is 100 Å². The number of aromatic nitrogens is 2. The fourth-order valence-corrected chi connectivity index (χ4v) is 11.1. The molecular formula is C52H68N2O9SSi. The van der Waals surface area contributed by atoms with Gasteiger partial charge in [0.2, 0.25) is 5.88 Å². The lowest BCUT2D eigenvalue weighted by Gasteiger charge is -2.40. The molecule has 1 aliphatic rings. The predicted octanol–water partition coefficient (Wildman–Crippen LogP) is 11.4. The zero-order valence-corrected chi connectivity index (χ0v) is 42.4. The third-order valence-electron chi connectivity index (χ3n) is 13.0. The molecule has 0 bridgehead atoms. The van der Waals surface area contributed by atoms with Gasteiger partial charge in [0.1, 0.15) is 34.3 Å². The fourth-order valence-electron chi connectivity index (χ4n) is 8.15. The highest BCUT2D eigenvalue weighted by atomic mass is 32.2. The number of methoxy groups -OCH3 is 2. The Kier molecular flexibility index (Phi) is 15.0. The van der Waals surface area contributed by atoms with Crippen LogP contribution >= 0.6 is 0 Å². The summed E-state index contributed by atoms with van der Waals surface area (Å²) in [7, 11) is -3.55. The zero-order chi connectivity index (χ0) is 47.6. The van der Waals surface area contributed by atoms with Gasteiger partial charge in [0.05, 0.1) is 26.9 Å². The van der Waals surface area contributed by atoms with Crippen LogP contribution in [0.4, 0.5) is 0 Å². The molecule has 0 spiro atoms. The van der Waals surface area contributed by atoms with Crippen molar-refractivity contribution in [2.75, 3.05) is 20.8 Å². The number of benzene rings is 4. The molecule has 13 heteroatoms. The number of hydrogen-bond donors (Lipinski definition) is 0. The molecule has 0 aliphatic carbocycles. The van der Waals surface area contributed by atoms with Gasteiger partial charge in [-0.2, -0.15) is 13.4 Å². The average Bonchev–Trinajstić information content (AvgIpc) is 3.65. The fraction of sp³-hybridized carbons (Fsp3) is 0.462. The largest absolute Gasteiger partial charge is 0.497 e. The number of rotatable bonds is 17. The van der Waals surface area contributed by atoms with Crippen molar-refractivity contribution in [2.45, 2.75) is 140 Å². The third-order valence-corrected chi connectivity index (χ3v) is 18.8. The van der Waals surface area contributed by atoms with Crippen LogP contribution in [0.1, 0.15) is 132 Å². The van der Waals surface area contributed by atoms with Crippen molar-refractivity contribution in [1.82, 2.24) is 9.55 Å². The minimum Gasteiger partial charge on any atom is -0.497 e.